The van der Waals surface area contributed by atoms with Gasteiger partial charge in [0, 0.05) is 17.4 Å². The third-order valence-corrected chi connectivity index (χ3v) is 3.95. The number of carbonyl (C=O) groups is 2. The number of aliphatic hydroxyl groups is 1. The lowest BCUT2D eigenvalue weighted by molar-refractivity contribution is -0.131. The lowest BCUT2D eigenvalue weighted by Crippen LogP contribution is -2.38. The second-order valence-corrected chi connectivity index (χ2v) is 5.30. The molecular formula is C14H16O4. The zero-order chi connectivity index (χ0) is 13.6. The van der Waals surface area contributed by atoms with Gasteiger partial charge < -0.3 is 10.2 Å². The standard InChI is InChI=1S/C14H16O4/c1-9(7-12(16)17)3-5-14(18)6-4-11(15)10-8-13(10,14)2/h3-7,10,18H,8H2,1-2H3,(H,16,17)/b5-3+,9-7-/t10-,13-,14-/m1/s1. The first kappa shape index (κ1) is 12.8. The first-order valence-electron chi connectivity index (χ1n) is 5.84. The van der Waals surface area contributed by atoms with Crippen molar-refractivity contribution in [2.24, 2.45) is 11.3 Å². The molecule has 0 heterocycles. The third kappa shape index (κ3) is 1.93. The summed E-state index contributed by atoms with van der Waals surface area (Å²) in [7, 11) is 0. The highest BCUT2D eigenvalue weighted by Gasteiger charge is 2.65. The van der Waals surface area contributed by atoms with Gasteiger partial charge in [0.05, 0.1) is 0 Å². The summed E-state index contributed by atoms with van der Waals surface area (Å²) in [5.74, 6) is -1.07. The molecule has 2 rings (SSSR count). The minimum Gasteiger partial charge on any atom is -0.478 e. The Balaban J connectivity index is 2.23. The van der Waals surface area contributed by atoms with Gasteiger partial charge in [0.25, 0.3) is 0 Å². The number of carboxylic acid groups (broad SMARTS) is 1. The Morgan fingerprint density at radius 2 is 2.22 bits per heavy atom. The molecule has 3 atom stereocenters. The average Bonchev–Trinajstić information content (AvgIpc) is 2.96. The number of aliphatic carboxylic acids is 1. The van der Waals surface area contributed by atoms with E-state index in [1.165, 1.54) is 12.2 Å². The van der Waals surface area contributed by atoms with Gasteiger partial charge in [-0.3, -0.25) is 4.79 Å². The van der Waals surface area contributed by atoms with Gasteiger partial charge in [0.2, 0.25) is 0 Å². The van der Waals surface area contributed by atoms with Gasteiger partial charge in [0.15, 0.2) is 5.78 Å². The van der Waals surface area contributed by atoms with Crippen molar-refractivity contribution in [2.45, 2.75) is 25.9 Å². The minimum absolute atomic E-state index is 0.0633. The Labute approximate surface area is 105 Å². The molecule has 2 N–H and O–H groups in total. The van der Waals surface area contributed by atoms with Gasteiger partial charge in [-0.25, -0.2) is 4.79 Å². The van der Waals surface area contributed by atoms with Crippen LogP contribution in [0, 0.1) is 11.3 Å². The molecule has 96 valence electrons. The molecule has 1 fully saturated rings. The molecule has 1 saturated carbocycles. The number of ketones is 1. The van der Waals surface area contributed by atoms with Crippen LogP contribution in [-0.4, -0.2) is 27.6 Å². The highest BCUT2D eigenvalue weighted by molar-refractivity contribution is 5.96. The molecule has 0 aromatic heterocycles. The van der Waals surface area contributed by atoms with Crippen LogP contribution in [0.2, 0.25) is 0 Å². The van der Waals surface area contributed by atoms with E-state index in [0.29, 0.717) is 12.0 Å². The lowest BCUT2D eigenvalue weighted by atomic mass is 9.78. The van der Waals surface area contributed by atoms with E-state index in [2.05, 4.69) is 0 Å². The smallest absolute Gasteiger partial charge is 0.328 e. The van der Waals surface area contributed by atoms with Crippen LogP contribution >= 0.6 is 0 Å². The minimum atomic E-state index is -1.17. The van der Waals surface area contributed by atoms with E-state index >= 15 is 0 Å². The van der Waals surface area contributed by atoms with Gasteiger partial charge >= 0.3 is 5.97 Å². The number of hydrogen-bond acceptors (Lipinski definition) is 3. The van der Waals surface area contributed by atoms with Crippen LogP contribution in [0.25, 0.3) is 0 Å². The monoisotopic (exact) mass is 248 g/mol. The van der Waals surface area contributed by atoms with Crippen LogP contribution in [0.3, 0.4) is 0 Å². The van der Waals surface area contributed by atoms with Gasteiger partial charge in [-0.15, -0.1) is 0 Å². The zero-order valence-corrected chi connectivity index (χ0v) is 10.4. The first-order valence-corrected chi connectivity index (χ1v) is 5.84. The molecule has 0 unspecified atom stereocenters. The van der Waals surface area contributed by atoms with Crippen molar-refractivity contribution in [1.29, 1.82) is 0 Å². The van der Waals surface area contributed by atoms with Crippen LogP contribution in [0.1, 0.15) is 20.3 Å². The normalized spacial score (nSPS) is 38.9. The van der Waals surface area contributed by atoms with Crippen LogP contribution < -0.4 is 0 Å². The van der Waals surface area contributed by atoms with E-state index in [4.69, 9.17) is 5.11 Å². The van der Waals surface area contributed by atoms with Crippen LogP contribution in [0.15, 0.2) is 36.0 Å². The highest BCUT2D eigenvalue weighted by atomic mass is 16.4. The van der Waals surface area contributed by atoms with Crippen molar-refractivity contribution in [1.82, 2.24) is 0 Å². The van der Waals surface area contributed by atoms with E-state index in [-0.39, 0.29) is 11.7 Å². The van der Waals surface area contributed by atoms with Gasteiger partial charge in [-0.1, -0.05) is 13.0 Å². The van der Waals surface area contributed by atoms with Crippen LogP contribution in [0.4, 0.5) is 0 Å². The fraction of sp³-hybridized carbons (Fsp3) is 0.429. The summed E-state index contributed by atoms with van der Waals surface area (Å²) < 4.78 is 0. The predicted octanol–water partition coefficient (Wildman–Crippen LogP) is 1.47. The maximum Gasteiger partial charge on any atom is 0.328 e. The number of allylic oxidation sites excluding steroid dienone is 3. The topological polar surface area (TPSA) is 74.6 Å². The van der Waals surface area contributed by atoms with Crippen molar-refractivity contribution < 1.29 is 19.8 Å². The van der Waals surface area contributed by atoms with Crippen molar-refractivity contribution in [3.8, 4) is 0 Å². The molecule has 0 spiro atoms. The SMILES string of the molecule is CC(=C/C(=O)O)/C=C/[C@@]1(O)C=CC(=O)[C@H]2C[C@]21C. The zero-order valence-electron chi connectivity index (χ0n) is 10.4. The molecule has 0 bridgehead atoms. The molecule has 4 heteroatoms. The summed E-state index contributed by atoms with van der Waals surface area (Å²) in [6.45, 7) is 3.53. The van der Waals surface area contributed by atoms with Crippen LogP contribution in [-0.2, 0) is 9.59 Å². The highest BCUT2D eigenvalue weighted by Crippen LogP contribution is 2.62. The lowest BCUT2D eigenvalue weighted by Gasteiger charge is -2.31. The Morgan fingerprint density at radius 3 is 2.83 bits per heavy atom. The van der Waals surface area contributed by atoms with Crippen molar-refractivity contribution in [3.63, 3.8) is 0 Å². The van der Waals surface area contributed by atoms with E-state index in [0.717, 1.165) is 6.08 Å². The van der Waals surface area contributed by atoms with E-state index in [1.807, 2.05) is 6.92 Å². The summed E-state index contributed by atoms with van der Waals surface area (Å²) >= 11 is 0. The predicted molar refractivity (Wildman–Crippen MR) is 65.8 cm³/mol. The fourth-order valence-electron chi connectivity index (χ4n) is 2.49. The summed E-state index contributed by atoms with van der Waals surface area (Å²) in [6, 6.07) is 0. The molecule has 0 aliphatic heterocycles. The molecule has 0 aromatic carbocycles. The van der Waals surface area contributed by atoms with Crippen molar-refractivity contribution in [3.05, 3.63) is 36.0 Å². The molecule has 0 saturated heterocycles. The molecule has 2 aliphatic rings. The largest absolute Gasteiger partial charge is 0.478 e. The quantitative estimate of drug-likeness (QED) is 0.586. The second-order valence-electron chi connectivity index (χ2n) is 5.30. The molecule has 4 nitrogen and oxygen atoms in total. The van der Waals surface area contributed by atoms with Crippen molar-refractivity contribution in [2.75, 3.05) is 0 Å². The Hall–Kier alpha value is -1.68. The Kier molecular flexibility index (Phi) is 2.78. The number of rotatable bonds is 3. The Morgan fingerprint density at radius 1 is 1.56 bits per heavy atom. The number of hydrogen-bond donors (Lipinski definition) is 2. The summed E-state index contributed by atoms with van der Waals surface area (Å²) in [5.41, 5.74) is -1.07. The fourth-order valence-corrected chi connectivity index (χ4v) is 2.49. The Bertz CT molecular complexity index is 500. The first-order chi connectivity index (χ1) is 8.28. The molecular weight excluding hydrogens is 232 g/mol. The maximum absolute atomic E-state index is 11.5. The van der Waals surface area contributed by atoms with Gasteiger partial charge in [-0.2, -0.15) is 0 Å². The molecule has 0 radical (unpaired) electrons. The number of carboxylic acids is 1. The van der Waals surface area contributed by atoms with Crippen LogP contribution in [0.5, 0.6) is 0 Å². The number of fused-ring (bicyclic) bond motifs is 1. The van der Waals surface area contributed by atoms with Gasteiger partial charge in [0.1, 0.15) is 5.60 Å². The maximum atomic E-state index is 11.5. The van der Waals surface area contributed by atoms with Gasteiger partial charge in [-0.05, 0) is 37.1 Å². The molecule has 18 heavy (non-hydrogen) atoms. The van der Waals surface area contributed by atoms with E-state index in [1.54, 1.807) is 19.1 Å². The molecule has 0 amide bonds. The van der Waals surface area contributed by atoms with E-state index < -0.39 is 17.0 Å². The van der Waals surface area contributed by atoms with Crippen molar-refractivity contribution >= 4 is 11.8 Å². The summed E-state index contributed by atoms with van der Waals surface area (Å²) in [6.07, 6.45) is 7.81. The summed E-state index contributed by atoms with van der Waals surface area (Å²) in [4.78, 5) is 22.0. The summed E-state index contributed by atoms with van der Waals surface area (Å²) in [5, 5.41) is 19.1. The second kappa shape index (κ2) is 3.92. The molecule has 0 aromatic rings. The number of carbonyl (C=O) groups excluding carboxylic acids is 1. The average molecular weight is 248 g/mol. The third-order valence-electron chi connectivity index (χ3n) is 3.95. The van der Waals surface area contributed by atoms with E-state index in [9.17, 15) is 14.7 Å². The molecule has 2 aliphatic carbocycles.